The molecule has 0 saturated carbocycles. The molecule has 0 aromatic heterocycles. The second-order valence-electron chi connectivity index (χ2n) is 6.50. The zero-order chi connectivity index (χ0) is 12.0. The van der Waals surface area contributed by atoms with Gasteiger partial charge in [0.2, 0.25) is 5.96 Å². The molecular formula is C12H25N3. The lowest BCUT2D eigenvalue weighted by Crippen LogP contribution is -2.31. The summed E-state index contributed by atoms with van der Waals surface area (Å²) < 4.78 is 0. The third-order valence-corrected chi connectivity index (χ3v) is 2.13. The average molecular weight is 211 g/mol. The van der Waals surface area contributed by atoms with Gasteiger partial charge in [0.15, 0.2) is 0 Å². The Hall–Kier alpha value is -0.730. The Balaban J connectivity index is 2.89. The van der Waals surface area contributed by atoms with Crippen molar-refractivity contribution >= 4 is 5.96 Å². The minimum absolute atomic E-state index is 0.00245. The molecular weight excluding hydrogens is 186 g/mol. The van der Waals surface area contributed by atoms with Crippen LogP contribution in [0.4, 0.5) is 0 Å². The van der Waals surface area contributed by atoms with E-state index in [1.807, 2.05) is 0 Å². The monoisotopic (exact) mass is 211 g/mol. The predicted octanol–water partition coefficient (Wildman–Crippen LogP) is 2.88. The van der Waals surface area contributed by atoms with Crippen LogP contribution in [-0.4, -0.2) is 33.1 Å². The third-order valence-electron chi connectivity index (χ3n) is 2.13. The average Bonchev–Trinajstić information content (AvgIpc) is 2.56. The molecule has 0 atom stereocenters. The highest BCUT2D eigenvalue weighted by Gasteiger charge is 2.49. The van der Waals surface area contributed by atoms with E-state index in [9.17, 15) is 0 Å². The number of hydrogen-bond acceptors (Lipinski definition) is 1. The van der Waals surface area contributed by atoms with E-state index in [0.29, 0.717) is 6.04 Å². The topological polar surface area (TPSA) is 18.4 Å². The van der Waals surface area contributed by atoms with Gasteiger partial charge in [0, 0.05) is 6.04 Å². The highest BCUT2D eigenvalue weighted by molar-refractivity contribution is 5.92. The molecule has 15 heavy (non-hydrogen) atoms. The smallest absolute Gasteiger partial charge is 0.236 e. The lowest BCUT2D eigenvalue weighted by molar-refractivity contribution is 0.158. The van der Waals surface area contributed by atoms with Crippen molar-refractivity contribution in [2.24, 2.45) is 4.99 Å². The molecule has 0 radical (unpaired) electrons. The third kappa shape index (κ3) is 2.86. The number of hydrazine groups is 1. The van der Waals surface area contributed by atoms with Crippen LogP contribution in [0.1, 0.15) is 55.4 Å². The van der Waals surface area contributed by atoms with Crippen molar-refractivity contribution in [1.82, 2.24) is 10.0 Å². The van der Waals surface area contributed by atoms with Gasteiger partial charge in [-0.05, 0) is 55.4 Å². The summed E-state index contributed by atoms with van der Waals surface area (Å²) in [6.45, 7) is 17.5. The molecule has 1 fully saturated rings. The molecule has 0 unspecified atom stereocenters. The van der Waals surface area contributed by atoms with Crippen molar-refractivity contribution in [3.05, 3.63) is 0 Å². The zero-order valence-electron chi connectivity index (χ0n) is 11.4. The number of rotatable bonds is 1. The maximum absolute atomic E-state index is 4.74. The largest absolute Gasteiger partial charge is 0.247 e. The Bertz CT molecular complexity index is 266. The molecule has 1 saturated heterocycles. The highest BCUT2D eigenvalue weighted by atomic mass is 15.9. The van der Waals surface area contributed by atoms with E-state index in [4.69, 9.17) is 4.99 Å². The molecule has 0 N–H and O–H groups in total. The molecule has 1 heterocycles. The van der Waals surface area contributed by atoms with E-state index >= 15 is 0 Å². The SMILES string of the molecule is CC(C)N1C(=NC(C)(C)C)N1C(C)(C)C. The summed E-state index contributed by atoms with van der Waals surface area (Å²) in [5.74, 6) is 1.13. The van der Waals surface area contributed by atoms with Crippen molar-refractivity contribution < 1.29 is 0 Å². The van der Waals surface area contributed by atoms with Crippen molar-refractivity contribution in [2.45, 2.75) is 72.5 Å². The van der Waals surface area contributed by atoms with Gasteiger partial charge in [-0.2, -0.15) is 0 Å². The van der Waals surface area contributed by atoms with Crippen LogP contribution in [0.5, 0.6) is 0 Å². The summed E-state index contributed by atoms with van der Waals surface area (Å²) in [6, 6.07) is 0.491. The first-order chi connectivity index (χ1) is 6.54. The number of hydrogen-bond donors (Lipinski definition) is 0. The van der Waals surface area contributed by atoms with E-state index in [1.165, 1.54) is 0 Å². The molecule has 0 amide bonds. The van der Waals surface area contributed by atoms with Crippen LogP contribution in [0.2, 0.25) is 0 Å². The van der Waals surface area contributed by atoms with Crippen molar-refractivity contribution in [2.75, 3.05) is 0 Å². The van der Waals surface area contributed by atoms with Gasteiger partial charge in [-0.25, -0.2) is 15.0 Å². The number of nitrogens with zero attached hydrogens (tertiary/aromatic N) is 3. The van der Waals surface area contributed by atoms with Crippen molar-refractivity contribution in [3.63, 3.8) is 0 Å². The molecule has 1 aliphatic heterocycles. The van der Waals surface area contributed by atoms with Gasteiger partial charge in [-0.15, -0.1) is 0 Å². The summed E-state index contributed by atoms with van der Waals surface area (Å²) in [7, 11) is 0. The maximum Gasteiger partial charge on any atom is 0.236 e. The van der Waals surface area contributed by atoms with E-state index < -0.39 is 0 Å². The van der Waals surface area contributed by atoms with E-state index in [2.05, 4.69) is 65.4 Å². The van der Waals surface area contributed by atoms with Crippen LogP contribution >= 0.6 is 0 Å². The van der Waals surface area contributed by atoms with E-state index in [1.54, 1.807) is 0 Å². The van der Waals surface area contributed by atoms with Crippen LogP contribution in [0.15, 0.2) is 4.99 Å². The normalized spacial score (nSPS) is 20.5. The Morgan fingerprint density at radius 3 is 1.67 bits per heavy atom. The Morgan fingerprint density at radius 2 is 1.47 bits per heavy atom. The first kappa shape index (κ1) is 12.3. The molecule has 88 valence electrons. The van der Waals surface area contributed by atoms with Crippen LogP contribution in [-0.2, 0) is 0 Å². The predicted molar refractivity (Wildman–Crippen MR) is 65.8 cm³/mol. The molecule has 1 aliphatic rings. The fourth-order valence-corrected chi connectivity index (χ4v) is 1.63. The van der Waals surface area contributed by atoms with Gasteiger partial charge in [-0.1, -0.05) is 0 Å². The summed E-state index contributed by atoms with van der Waals surface area (Å²) in [5.41, 5.74) is 0.136. The van der Waals surface area contributed by atoms with Gasteiger partial charge in [0.25, 0.3) is 0 Å². The van der Waals surface area contributed by atoms with E-state index in [-0.39, 0.29) is 11.1 Å². The fraction of sp³-hybridized carbons (Fsp3) is 0.917. The fourth-order valence-electron chi connectivity index (χ4n) is 1.63. The summed E-state index contributed by atoms with van der Waals surface area (Å²) in [5, 5.41) is 4.55. The number of guanidine groups is 1. The quantitative estimate of drug-likeness (QED) is 0.621. The zero-order valence-corrected chi connectivity index (χ0v) is 11.4. The Morgan fingerprint density at radius 1 is 1.00 bits per heavy atom. The van der Waals surface area contributed by atoms with Crippen LogP contribution in [0.3, 0.4) is 0 Å². The number of aliphatic imine (C=N–C) groups is 1. The highest BCUT2D eigenvalue weighted by Crippen LogP contribution is 2.34. The molecule has 3 heteroatoms. The van der Waals surface area contributed by atoms with E-state index in [0.717, 1.165) is 5.96 Å². The molecule has 0 spiro atoms. The van der Waals surface area contributed by atoms with Gasteiger partial charge >= 0.3 is 0 Å². The molecule has 0 aromatic rings. The molecule has 3 nitrogen and oxygen atoms in total. The molecule has 1 rings (SSSR count). The Labute approximate surface area is 94.1 Å². The second-order valence-corrected chi connectivity index (χ2v) is 6.50. The summed E-state index contributed by atoms with van der Waals surface area (Å²) in [6.07, 6.45) is 0. The molecule has 0 bridgehead atoms. The molecule has 0 aromatic carbocycles. The minimum Gasteiger partial charge on any atom is -0.247 e. The maximum atomic E-state index is 4.74. The van der Waals surface area contributed by atoms with Gasteiger partial charge in [-0.3, -0.25) is 0 Å². The van der Waals surface area contributed by atoms with Crippen molar-refractivity contribution in [1.29, 1.82) is 0 Å². The molecule has 0 aliphatic carbocycles. The van der Waals surface area contributed by atoms with Crippen molar-refractivity contribution in [3.8, 4) is 0 Å². The standard InChI is InChI=1S/C12H25N3/c1-9(2)14-10(13-11(3,4)5)15(14)12(6,7)8/h9H,1-8H3. The summed E-state index contributed by atoms with van der Waals surface area (Å²) in [4.78, 5) is 4.74. The van der Waals surface area contributed by atoms with Gasteiger partial charge < -0.3 is 0 Å². The summed E-state index contributed by atoms with van der Waals surface area (Å²) >= 11 is 0. The first-order valence-electron chi connectivity index (χ1n) is 5.73. The van der Waals surface area contributed by atoms with Gasteiger partial charge in [0.05, 0.1) is 11.1 Å². The lowest BCUT2D eigenvalue weighted by Gasteiger charge is -2.21. The Kier molecular flexibility index (Phi) is 2.79. The van der Waals surface area contributed by atoms with Crippen LogP contribution in [0.25, 0.3) is 0 Å². The lowest BCUT2D eigenvalue weighted by atomic mass is 10.1. The van der Waals surface area contributed by atoms with Crippen LogP contribution < -0.4 is 0 Å². The first-order valence-corrected chi connectivity index (χ1v) is 5.73. The second kappa shape index (κ2) is 3.39. The van der Waals surface area contributed by atoms with Gasteiger partial charge in [0.1, 0.15) is 0 Å². The minimum atomic E-state index is 0.00245. The van der Waals surface area contributed by atoms with Crippen LogP contribution in [0, 0.1) is 0 Å².